The third kappa shape index (κ3) is 1.29. The lowest BCUT2D eigenvalue weighted by Gasteiger charge is -1.98. The summed E-state index contributed by atoms with van der Waals surface area (Å²) in [5.41, 5.74) is 0.870. The predicted octanol–water partition coefficient (Wildman–Crippen LogP) is -0.539. The lowest BCUT2D eigenvalue weighted by Crippen LogP contribution is -1.99. The molecule has 0 saturated carbocycles. The Morgan fingerprint density at radius 3 is 1.70 bits per heavy atom. The summed E-state index contributed by atoms with van der Waals surface area (Å²) in [6, 6.07) is 0. The maximum Gasteiger partial charge on any atom is 0.0897 e. The van der Waals surface area contributed by atoms with Crippen molar-refractivity contribution in [1.29, 1.82) is 0 Å². The number of aliphatic hydroxyl groups is 2. The number of aliphatic hydroxyl groups excluding tert-OH is 2. The predicted molar refractivity (Wildman–Crippen MR) is 33.9 cm³/mol. The van der Waals surface area contributed by atoms with Crippen LogP contribution in [0.15, 0.2) is 12.4 Å². The molecule has 1 heterocycles. The summed E-state index contributed by atoms with van der Waals surface area (Å²) in [5, 5.41) is 17.3. The lowest BCUT2D eigenvalue weighted by molar-refractivity contribution is 0.251. The average molecular weight is 140 g/mol. The fourth-order valence-corrected chi connectivity index (χ4v) is 0.660. The molecule has 4 heteroatoms. The molecule has 4 nitrogen and oxygen atoms in total. The van der Waals surface area contributed by atoms with Gasteiger partial charge in [0.05, 0.1) is 24.6 Å². The van der Waals surface area contributed by atoms with E-state index >= 15 is 0 Å². The monoisotopic (exact) mass is 140 g/mol. The van der Waals surface area contributed by atoms with Gasteiger partial charge in [-0.15, -0.1) is 0 Å². The minimum absolute atomic E-state index is 0.177. The van der Waals surface area contributed by atoms with E-state index < -0.39 is 0 Å². The molecule has 0 radical (unpaired) electrons. The van der Waals surface area contributed by atoms with Crippen LogP contribution < -0.4 is 0 Å². The van der Waals surface area contributed by atoms with Crippen LogP contribution in [0.25, 0.3) is 0 Å². The van der Waals surface area contributed by atoms with Crippen LogP contribution in [0, 0.1) is 0 Å². The maximum atomic E-state index is 8.64. The average Bonchev–Trinajstić information content (AvgIpc) is 2.04. The first-order valence-corrected chi connectivity index (χ1v) is 2.89. The summed E-state index contributed by atoms with van der Waals surface area (Å²) in [7, 11) is 0. The van der Waals surface area contributed by atoms with Crippen LogP contribution in [0.5, 0.6) is 0 Å². The normalized spacial score (nSPS) is 9.80. The summed E-state index contributed by atoms with van der Waals surface area (Å²) in [6.07, 6.45) is 2.95. The zero-order chi connectivity index (χ0) is 7.40. The minimum atomic E-state index is -0.177. The number of hydrogen-bond acceptors (Lipinski definition) is 4. The van der Waals surface area contributed by atoms with E-state index in [0.717, 1.165) is 0 Å². The van der Waals surface area contributed by atoms with Gasteiger partial charge in [-0.3, -0.25) is 9.97 Å². The van der Waals surface area contributed by atoms with Crippen LogP contribution in [-0.4, -0.2) is 20.2 Å². The van der Waals surface area contributed by atoms with Gasteiger partial charge in [0.15, 0.2) is 0 Å². The van der Waals surface area contributed by atoms with Crippen molar-refractivity contribution in [3.63, 3.8) is 0 Å². The maximum absolute atomic E-state index is 8.64. The summed E-state index contributed by atoms with van der Waals surface area (Å²) >= 11 is 0. The molecule has 0 amide bonds. The highest BCUT2D eigenvalue weighted by Gasteiger charge is 1.99. The highest BCUT2D eigenvalue weighted by molar-refractivity contribution is 5.07. The summed E-state index contributed by atoms with van der Waals surface area (Å²) in [5.74, 6) is 0. The van der Waals surface area contributed by atoms with E-state index in [4.69, 9.17) is 10.2 Å². The Kier molecular flexibility index (Phi) is 2.30. The van der Waals surface area contributed by atoms with Crippen LogP contribution in [0.2, 0.25) is 0 Å². The minimum Gasteiger partial charge on any atom is -0.390 e. The molecule has 0 aliphatic carbocycles. The number of aromatic nitrogens is 2. The molecule has 0 unspecified atom stereocenters. The van der Waals surface area contributed by atoms with Crippen molar-refractivity contribution in [3.8, 4) is 0 Å². The van der Waals surface area contributed by atoms with Gasteiger partial charge in [0.1, 0.15) is 0 Å². The van der Waals surface area contributed by atoms with Gasteiger partial charge < -0.3 is 10.2 Å². The van der Waals surface area contributed by atoms with Crippen molar-refractivity contribution in [2.24, 2.45) is 0 Å². The largest absolute Gasteiger partial charge is 0.390 e. The molecule has 54 valence electrons. The molecule has 0 spiro atoms. The summed E-state index contributed by atoms with van der Waals surface area (Å²) in [4.78, 5) is 7.59. The van der Waals surface area contributed by atoms with Crippen molar-refractivity contribution in [3.05, 3.63) is 23.8 Å². The van der Waals surface area contributed by atoms with E-state index in [0.29, 0.717) is 11.4 Å². The molecular weight excluding hydrogens is 132 g/mol. The first kappa shape index (κ1) is 7.11. The van der Waals surface area contributed by atoms with Crippen LogP contribution in [-0.2, 0) is 13.2 Å². The molecule has 0 bridgehead atoms. The highest BCUT2D eigenvalue weighted by Crippen LogP contribution is 1.99. The zero-order valence-corrected chi connectivity index (χ0v) is 5.36. The van der Waals surface area contributed by atoms with E-state index in [1.807, 2.05) is 0 Å². The Labute approximate surface area is 58.2 Å². The Morgan fingerprint density at radius 1 is 1.00 bits per heavy atom. The number of hydrogen-bond donors (Lipinski definition) is 2. The fourth-order valence-electron chi connectivity index (χ4n) is 0.660. The molecule has 0 aliphatic heterocycles. The van der Waals surface area contributed by atoms with Gasteiger partial charge in [0, 0.05) is 12.4 Å². The first-order chi connectivity index (χ1) is 4.88. The Bertz CT molecular complexity index is 192. The molecule has 0 saturated heterocycles. The van der Waals surface area contributed by atoms with Crippen LogP contribution in [0.1, 0.15) is 11.4 Å². The molecule has 1 rings (SSSR count). The van der Waals surface area contributed by atoms with E-state index in [1.54, 1.807) is 0 Å². The Balaban J connectivity index is 2.96. The molecule has 2 N–H and O–H groups in total. The van der Waals surface area contributed by atoms with Gasteiger partial charge in [-0.1, -0.05) is 0 Å². The Morgan fingerprint density at radius 2 is 1.40 bits per heavy atom. The highest BCUT2D eigenvalue weighted by atomic mass is 16.3. The van der Waals surface area contributed by atoms with E-state index in [2.05, 4.69) is 9.97 Å². The molecule has 0 fully saturated rings. The third-order valence-corrected chi connectivity index (χ3v) is 1.16. The van der Waals surface area contributed by atoms with Gasteiger partial charge in [-0.05, 0) is 0 Å². The second kappa shape index (κ2) is 3.24. The smallest absolute Gasteiger partial charge is 0.0897 e. The standard InChI is InChI=1S/C6H8N2O2/c9-3-5-6(4-10)8-2-1-7-5/h1-2,9-10H,3-4H2. The second-order valence-electron chi connectivity index (χ2n) is 1.77. The van der Waals surface area contributed by atoms with Crippen molar-refractivity contribution < 1.29 is 10.2 Å². The van der Waals surface area contributed by atoms with Gasteiger partial charge >= 0.3 is 0 Å². The topological polar surface area (TPSA) is 66.2 Å². The van der Waals surface area contributed by atoms with Gasteiger partial charge in [0.25, 0.3) is 0 Å². The van der Waals surface area contributed by atoms with Crippen molar-refractivity contribution >= 4 is 0 Å². The quantitative estimate of drug-likeness (QED) is 0.579. The lowest BCUT2D eigenvalue weighted by atomic mass is 10.3. The van der Waals surface area contributed by atoms with E-state index in [1.165, 1.54) is 12.4 Å². The SMILES string of the molecule is OCc1nccnc1CO. The van der Waals surface area contributed by atoms with Crippen molar-refractivity contribution in [1.82, 2.24) is 9.97 Å². The molecule has 0 aliphatic rings. The molecule has 0 atom stereocenters. The molecule has 1 aromatic heterocycles. The van der Waals surface area contributed by atoms with Crippen molar-refractivity contribution in [2.45, 2.75) is 13.2 Å². The molecule has 1 aromatic rings. The summed E-state index contributed by atoms with van der Waals surface area (Å²) < 4.78 is 0. The third-order valence-electron chi connectivity index (χ3n) is 1.16. The van der Waals surface area contributed by atoms with Gasteiger partial charge in [-0.2, -0.15) is 0 Å². The first-order valence-electron chi connectivity index (χ1n) is 2.89. The van der Waals surface area contributed by atoms with Crippen LogP contribution in [0.3, 0.4) is 0 Å². The number of rotatable bonds is 2. The van der Waals surface area contributed by atoms with Crippen LogP contribution >= 0.6 is 0 Å². The van der Waals surface area contributed by atoms with E-state index in [9.17, 15) is 0 Å². The zero-order valence-electron chi connectivity index (χ0n) is 5.36. The molecule has 0 aromatic carbocycles. The fraction of sp³-hybridized carbons (Fsp3) is 0.333. The molecular formula is C6H8N2O2. The van der Waals surface area contributed by atoms with Gasteiger partial charge in [0.2, 0.25) is 0 Å². The number of nitrogens with zero attached hydrogens (tertiary/aromatic N) is 2. The van der Waals surface area contributed by atoms with E-state index in [-0.39, 0.29) is 13.2 Å². The summed E-state index contributed by atoms with van der Waals surface area (Å²) in [6.45, 7) is -0.354. The second-order valence-corrected chi connectivity index (χ2v) is 1.77. The molecule has 10 heavy (non-hydrogen) atoms. The van der Waals surface area contributed by atoms with Crippen molar-refractivity contribution in [2.75, 3.05) is 0 Å². The van der Waals surface area contributed by atoms with Gasteiger partial charge in [-0.25, -0.2) is 0 Å². The van der Waals surface area contributed by atoms with Crippen LogP contribution in [0.4, 0.5) is 0 Å². The Hall–Kier alpha value is -1.00.